The summed E-state index contributed by atoms with van der Waals surface area (Å²) in [6.45, 7) is 2.54. The Hall–Kier alpha value is -1.31. The fraction of sp³-hybridized carbons (Fsp3) is 0.143. The van der Waals surface area contributed by atoms with E-state index in [4.69, 9.17) is 17.3 Å². The van der Waals surface area contributed by atoms with Gasteiger partial charge in [0.05, 0.1) is 0 Å². The lowest BCUT2D eigenvalue weighted by molar-refractivity contribution is 1.07. The predicted octanol–water partition coefficient (Wildman–Crippen LogP) is 3.77. The van der Waals surface area contributed by atoms with Gasteiger partial charge in [0.15, 0.2) is 0 Å². The zero-order valence-electron chi connectivity index (χ0n) is 9.20. The first-order chi connectivity index (χ1) is 7.72. The predicted molar refractivity (Wildman–Crippen MR) is 69.5 cm³/mol. The van der Waals surface area contributed by atoms with Crippen LogP contribution in [0.25, 0.3) is 11.1 Å². The van der Waals surface area contributed by atoms with Crippen molar-refractivity contribution in [1.82, 2.24) is 0 Å². The van der Waals surface area contributed by atoms with Crippen LogP contribution in [-0.2, 0) is 6.54 Å². The lowest BCUT2D eigenvalue weighted by Crippen LogP contribution is -1.98. The minimum Gasteiger partial charge on any atom is -0.326 e. The molecule has 0 saturated carbocycles. The Bertz CT molecular complexity index is 506. The molecule has 2 N–H and O–H groups in total. The highest BCUT2D eigenvalue weighted by Crippen LogP contribution is 2.27. The van der Waals surface area contributed by atoms with Crippen molar-refractivity contribution in [3.05, 3.63) is 58.6 Å². The molecule has 2 aromatic carbocycles. The van der Waals surface area contributed by atoms with Gasteiger partial charge in [0, 0.05) is 11.6 Å². The van der Waals surface area contributed by atoms with Gasteiger partial charge in [-0.25, -0.2) is 0 Å². The van der Waals surface area contributed by atoms with Gasteiger partial charge >= 0.3 is 0 Å². The summed E-state index contributed by atoms with van der Waals surface area (Å²) in [7, 11) is 0. The van der Waals surface area contributed by atoms with Crippen LogP contribution in [0.4, 0.5) is 0 Å². The molecule has 82 valence electrons. The molecule has 1 nitrogen and oxygen atoms in total. The van der Waals surface area contributed by atoms with Crippen molar-refractivity contribution in [2.24, 2.45) is 5.73 Å². The van der Waals surface area contributed by atoms with Gasteiger partial charge in [-0.15, -0.1) is 0 Å². The topological polar surface area (TPSA) is 26.0 Å². The van der Waals surface area contributed by atoms with Crippen LogP contribution in [0.15, 0.2) is 42.5 Å². The number of nitrogens with two attached hydrogens (primary N) is 1. The van der Waals surface area contributed by atoms with Gasteiger partial charge in [0.1, 0.15) is 0 Å². The molecular formula is C14H14ClN. The van der Waals surface area contributed by atoms with E-state index in [2.05, 4.69) is 12.1 Å². The van der Waals surface area contributed by atoms with Crippen LogP contribution in [0.2, 0.25) is 5.02 Å². The molecule has 0 radical (unpaired) electrons. The van der Waals surface area contributed by atoms with Gasteiger partial charge in [-0.1, -0.05) is 48.0 Å². The van der Waals surface area contributed by atoms with Gasteiger partial charge in [-0.2, -0.15) is 0 Å². The van der Waals surface area contributed by atoms with E-state index in [0.717, 1.165) is 27.3 Å². The summed E-state index contributed by atoms with van der Waals surface area (Å²) >= 11 is 6.13. The minimum atomic E-state index is 0.543. The van der Waals surface area contributed by atoms with E-state index in [1.54, 1.807) is 0 Å². The first kappa shape index (κ1) is 11.2. The van der Waals surface area contributed by atoms with Crippen LogP contribution in [0.3, 0.4) is 0 Å². The van der Waals surface area contributed by atoms with E-state index in [-0.39, 0.29) is 0 Å². The average molecular weight is 232 g/mol. The molecule has 0 bridgehead atoms. The number of benzene rings is 2. The SMILES string of the molecule is Cc1ccc(-c2ccccc2CN)cc1Cl. The van der Waals surface area contributed by atoms with E-state index >= 15 is 0 Å². The maximum absolute atomic E-state index is 6.13. The molecule has 0 aliphatic rings. The molecule has 0 atom stereocenters. The second kappa shape index (κ2) is 4.69. The lowest BCUT2D eigenvalue weighted by Gasteiger charge is -2.09. The quantitative estimate of drug-likeness (QED) is 0.837. The zero-order valence-corrected chi connectivity index (χ0v) is 9.96. The smallest absolute Gasteiger partial charge is 0.0441 e. The maximum Gasteiger partial charge on any atom is 0.0441 e. The van der Waals surface area contributed by atoms with Crippen molar-refractivity contribution >= 4 is 11.6 Å². The molecule has 0 spiro atoms. The van der Waals surface area contributed by atoms with Gasteiger partial charge in [0.25, 0.3) is 0 Å². The highest BCUT2D eigenvalue weighted by molar-refractivity contribution is 6.31. The Labute approximate surface area is 101 Å². The number of hydrogen-bond donors (Lipinski definition) is 1. The lowest BCUT2D eigenvalue weighted by atomic mass is 9.99. The Morgan fingerprint density at radius 1 is 1.12 bits per heavy atom. The third-order valence-electron chi connectivity index (χ3n) is 2.72. The van der Waals surface area contributed by atoms with E-state index in [0.29, 0.717) is 6.54 Å². The monoisotopic (exact) mass is 231 g/mol. The maximum atomic E-state index is 6.13. The van der Waals surface area contributed by atoms with Crippen LogP contribution in [0.5, 0.6) is 0 Å². The van der Waals surface area contributed by atoms with E-state index < -0.39 is 0 Å². The molecule has 2 aromatic rings. The summed E-state index contributed by atoms with van der Waals surface area (Å²) in [5.41, 5.74) is 10.2. The Morgan fingerprint density at radius 2 is 1.88 bits per heavy atom. The van der Waals surface area contributed by atoms with Crippen LogP contribution in [0, 0.1) is 6.92 Å². The molecule has 2 heteroatoms. The minimum absolute atomic E-state index is 0.543. The molecule has 2 rings (SSSR count). The molecule has 0 heterocycles. The standard InChI is InChI=1S/C14H14ClN/c1-10-6-7-11(8-14(10)15)13-5-3-2-4-12(13)9-16/h2-8H,9,16H2,1H3. The molecular weight excluding hydrogens is 218 g/mol. The van der Waals surface area contributed by atoms with Gasteiger partial charge in [-0.3, -0.25) is 0 Å². The summed E-state index contributed by atoms with van der Waals surface area (Å²) in [6, 6.07) is 14.2. The summed E-state index contributed by atoms with van der Waals surface area (Å²) in [4.78, 5) is 0. The summed E-state index contributed by atoms with van der Waals surface area (Å²) in [6.07, 6.45) is 0. The third kappa shape index (κ3) is 2.11. The van der Waals surface area contributed by atoms with Crippen molar-refractivity contribution in [2.45, 2.75) is 13.5 Å². The van der Waals surface area contributed by atoms with E-state index in [1.807, 2.05) is 37.3 Å². The van der Waals surface area contributed by atoms with Crippen molar-refractivity contribution in [1.29, 1.82) is 0 Å². The highest BCUT2D eigenvalue weighted by atomic mass is 35.5. The fourth-order valence-electron chi connectivity index (χ4n) is 1.74. The van der Waals surface area contributed by atoms with Crippen molar-refractivity contribution in [2.75, 3.05) is 0 Å². The first-order valence-corrected chi connectivity index (χ1v) is 5.64. The molecule has 0 unspecified atom stereocenters. The third-order valence-corrected chi connectivity index (χ3v) is 3.13. The molecule has 0 fully saturated rings. The summed E-state index contributed by atoms with van der Waals surface area (Å²) in [5.74, 6) is 0. The molecule has 0 aromatic heterocycles. The van der Waals surface area contributed by atoms with Crippen LogP contribution in [0.1, 0.15) is 11.1 Å². The Morgan fingerprint density at radius 3 is 2.56 bits per heavy atom. The summed E-state index contributed by atoms with van der Waals surface area (Å²) in [5, 5.41) is 0.796. The van der Waals surface area contributed by atoms with Crippen LogP contribution in [-0.4, -0.2) is 0 Å². The van der Waals surface area contributed by atoms with Crippen molar-refractivity contribution in [3.63, 3.8) is 0 Å². The zero-order chi connectivity index (χ0) is 11.5. The number of rotatable bonds is 2. The Balaban J connectivity index is 2.54. The van der Waals surface area contributed by atoms with Crippen LogP contribution >= 0.6 is 11.6 Å². The van der Waals surface area contributed by atoms with Gasteiger partial charge in [-0.05, 0) is 35.2 Å². The van der Waals surface area contributed by atoms with Crippen molar-refractivity contribution < 1.29 is 0 Å². The largest absolute Gasteiger partial charge is 0.326 e. The van der Waals surface area contributed by atoms with Gasteiger partial charge < -0.3 is 5.73 Å². The number of hydrogen-bond acceptors (Lipinski definition) is 1. The molecule has 0 amide bonds. The first-order valence-electron chi connectivity index (χ1n) is 5.27. The molecule has 0 aliphatic heterocycles. The highest BCUT2D eigenvalue weighted by Gasteiger charge is 2.04. The number of aryl methyl sites for hydroxylation is 1. The summed E-state index contributed by atoms with van der Waals surface area (Å²) < 4.78 is 0. The molecule has 0 aliphatic carbocycles. The Kier molecular flexibility index (Phi) is 3.28. The average Bonchev–Trinajstić information content (AvgIpc) is 2.32. The van der Waals surface area contributed by atoms with E-state index in [1.165, 1.54) is 0 Å². The normalized spacial score (nSPS) is 10.4. The second-order valence-electron chi connectivity index (χ2n) is 3.83. The molecule has 0 saturated heterocycles. The van der Waals surface area contributed by atoms with E-state index in [9.17, 15) is 0 Å². The fourth-order valence-corrected chi connectivity index (χ4v) is 1.92. The molecule has 16 heavy (non-hydrogen) atoms. The van der Waals surface area contributed by atoms with Crippen LogP contribution < -0.4 is 5.73 Å². The van der Waals surface area contributed by atoms with Crippen molar-refractivity contribution in [3.8, 4) is 11.1 Å². The second-order valence-corrected chi connectivity index (χ2v) is 4.23. The van der Waals surface area contributed by atoms with Gasteiger partial charge in [0.2, 0.25) is 0 Å². The number of halogens is 1.